The lowest BCUT2D eigenvalue weighted by atomic mass is 9.86. The van der Waals surface area contributed by atoms with Crippen molar-refractivity contribution in [3.05, 3.63) is 54.1 Å². The van der Waals surface area contributed by atoms with Gasteiger partial charge in [-0.2, -0.15) is 0 Å². The lowest BCUT2D eigenvalue weighted by Crippen LogP contribution is -2.38. The van der Waals surface area contributed by atoms with Crippen LogP contribution in [0.5, 0.6) is 0 Å². The largest absolute Gasteiger partial charge is 0.468 e. The van der Waals surface area contributed by atoms with Crippen molar-refractivity contribution >= 4 is 18.0 Å². The van der Waals surface area contributed by atoms with Crippen LogP contribution in [0, 0.1) is 5.41 Å². The van der Waals surface area contributed by atoms with E-state index in [0.29, 0.717) is 0 Å². The van der Waals surface area contributed by atoms with Crippen LogP contribution in [-0.2, 0) is 19.1 Å². The number of methoxy groups -OCH3 is 2. The smallest absolute Gasteiger partial charge is 0.323 e. The van der Waals surface area contributed by atoms with E-state index in [-0.39, 0.29) is 6.42 Å². The van der Waals surface area contributed by atoms with Crippen LogP contribution in [0.1, 0.15) is 18.9 Å². The van der Waals surface area contributed by atoms with Crippen molar-refractivity contribution in [1.29, 1.82) is 0 Å². The Morgan fingerprint density at radius 1 is 1.05 bits per heavy atom. The molecule has 4 nitrogen and oxygen atoms in total. The van der Waals surface area contributed by atoms with Gasteiger partial charge in [0.15, 0.2) is 5.41 Å². The third-order valence-electron chi connectivity index (χ3n) is 3.13. The van der Waals surface area contributed by atoms with Gasteiger partial charge in [0.25, 0.3) is 0 Å². The monoisotopic (exact) mass is 288 g/mol. The molecule has 0 atom stereocenters. The van der Waals surface area contributed by atoms with Crippen molar-refractivity contribution in [1.82, 2.24) is 0 Å². The molecule has 0 N–H and O–H groups in total. The Morgan fingerprint density at radius 3 is 2.14 bits per heavy atom. The summed E-state index contributed by atoms with van der Waals surface area (Å²) in [6.07, 6.45) is 7.53. The Balaban J connectivity index is 2.69. The van der Waals surface area contributed by atoms with Gasteiger partial charge in [0.2, 0.25) is 0 Å². The average molecular weight is 288 g/mol. The number of benzene rings is 1. The van der Waals surface area contributed by atoms with Crippen molar-refractivity contribution in [3.63, 3.8) is 0 Å². The van der Waals surface area contributed by atoms with E-state index in [2.05, 4.69) is 9.47 Å². The maximum Gasteiger partial charge on any atom is 0.323 e. The number of allylic oxidation sites excluding steroid dienone is 3. The highest BCUT2D eigenvalue weighted by Gasteiger charge is 2.42. The van der Waals surface area contributed by atoms with Gasteiger partial charge in [-0.15, -0.1) is 0 Å². The van der Waals surface area contributed by atoms with Crippen LogP contribution in [0.2, 0.25) is 0 Å². The number of ether oxygens (including phenoxy) is 2. The van der Waals surface area contributed by atoms with Gasteiger partial charge in [-0.05, 0) is 18.9 Å². The fraction of sp³-hybridized carbons (Fsp3) is 0.294. The number of hydrogen-bond donors (Lipinski definition) is 0. The molecule has 0 radical (unpaired) electrons. The molecule has 0 bridgehead atoms. The third-order valence-corrected chi connectivity index (χ3v) is 3.13. The standard InChI is InChI=1S/C17H20O4/c1-17(15(18)20-2,16(19)21-3)13-9-5-8-12-14-10-6-4-7-11-14/h4-12H,13H2,1-3H3/b9-5+,12-8+. The number of rotatable bonds is 6. The summed E-state index contributed by atoms with van der Waals surface area (Å²) in [4.78, 5) is 23.5. The zero-order valence-electron chi connectivity index (χ0n) is 12.5. The summed E-state index contributed by atoms with van der Waals surface area (Å²) in [7, 11) is 2.51. The summed E-state index contributed by atoms with van der Waals surface area (Å²) in [5.74, 6) is -1.21. The quantitative estimate of drug-likeness (QED) is 0.459. The van der Waals surface area contributed by atoms with Crippen LogP contribution >= 0.6 is 0 Å². The Morgan fingerprint density at radius 2 is 1.62 bits per heavy atom. The highest BCUT2D eigenvalue weighted by Crippen LogP contribution is 2.25. The van der Waals surface area contributed by atoms with E-state index in [0.717, 1.165) is 5.56 Å². The number of carbonyl (C=O) groups excluding carboxylic acids is 2. The molecule has 0 heterocycles. The second-order valence-corrected chi connectivity index (χ2v) is 4.72. The molecule has 0 aliphatic rings. The molecular formula is C17H20O4. The summed E-state index contributed by atoms with van der Waals surface area (Å²) in [5.41, 5.74) is -0.244. The van der Waals surface area contributed by atoms with Gasteiger partial charge < -0.3 is 9.47 Å². The minimum absolute atomic E-state index is 0.214. The van der Waals surface area contributed by atoms with Gasteiger partial charge in [-0.1, -0.05) is 54.6 Å². The van der Waals surface area contributed by atoms with Crippen molar-refractivity contribution < 1.29 is 19.1 Å². The second-order valence-electron chi connectivity index (χ2n) is 4.72. The summed E-state index contributed by atoms with van der Waals surface area (Å²) in [6.45, 7) is 1.51. The first kappa shape index (κ1) is 16.7. The molecule has 0 saturated heterocycles. The predicted molar refractivity (Wildman–Crippen MR) is 81.4 cm³/mol. The van der Waals surface area contributed by atoms with Crippen LogP contribution in [0.4, 0.5) is 0 Å². The Bertz CT molecular complexity index is 513. The zero-order valence-corrected chi connectivity index (χ0v) is 12.5. The molecule has 0 fully saturated rings. The highest BCUT2D eigenvalue weighted by molar-refractivity contribution is 5.99. The van der Waals surface area contributed by atoms with Gasteiger partial charge in [0.1, 0.15) is 0 Å². The average Bonchev–Trinajstić information content (AvgIpc) is 2.53. The molecule has 0 aromatic heterocycles. The second kappa shape index (κ2) is 8.04. The van der Waals surface area contributed by atoms with Crippen molar-refractivity contribution in [2.24, 2.45) is 5.41 Å². The fourth-order valence-electron chi connectivity index (χ4n) is 1.81. The van der Waals surface area contributed by atoms with E-state index < -0.39 is 17.4 Å². The molecular weight excluding hydrogens is 268 g/mol. The SMILES string of the molecule is COC(=O)C(C)(C/C=C/C=C/c1ccccc1)C(=O)OC. The summed E-state index contributed by atoms with van der Waals surface area (Å²) >= 11 is 0. The van der Waals surface area contributed by atoms with Crippen molar-refractivity contribution in [2.45, 2.75) is 13.3 Å². The number of esters is 2. The van der Waals surface area contributed by atoms with Crippen LogP contribution in [0.25, 0.3) is 6.08 Å². The normalized spacial score (nSPS) is 11.8. The molecule has 112 valence electrons. The lowest BCUT2D eigenvalue weighted by molar-refractivity contribution is -0.167. The Labute approximate surface area is 125 Å². The maximum absolute atomic E-state index is 11.7. The first-order valence-electron chi connectivity index (χ1n) is 6.59. The summed E-state index contributed by atoms with van der Waals surface area (Å²) < 4.78 is 9.35. The number of carbonyl (C=O) groups is 2. The Hall–Kier alpha value is -2.36. The van der Waals surface area contributed by atoms with Crippen molar-refractivity contribution in [2.75, 3.05) is 14.2 Å². The van der Waals surface area contributed by atoms with E-state index in [9.17, 15) is 9.59 Å². The molecule has 1 aromatic carbocycles. The topological polar surface area (TPSA) is 52.6 Å². The van der Waals surface area contributed by atoms with Gasteiger partial charge in [0, 0.05) is 0 Å². The molecule has 0 unspecified atom stereocenters. The molecule has 0 aliphatic carbocycles. The van der Waals surface area contributed by atoms with Crippen LogP contribution in [-0.4, -0.2) is 26.2 Å². The van der Waals surface area contributed by atoms with Gasteiger partial charge in [0.05, 0.1) is 14.2 Å². The van der Waals surface area contributed by atoms with Crippen LogP contribution in [0.15, 0.2) is 48.6 Å². The highest BCUT2D eigenvalue weighted by atomic mass is 16.5. The van der Waals surface area contributed by atoms with Gasteiger partial charge >= 0.3 is 11.9 Å². The summed E-state index contributed by atoms with van der Waals surface area (Å²) in [6, 6.07) is 9.82. The number of hydrogen-bond acceptors (Lipinski definition) is 4. The molecule has 21 heavy (non-hydrogen) atoms. The predicted octanol–water partition coefficient (Wildman–Crippen LogP) is 3.00. The van der Waals surface area contributed by atoms with Gasteiger partial charge in [-0.25, -0.2) is 0 Å². The van der Waals surface area contributed by atoms with Crippen LogP contribution in [0.3, 0.4) is 0 Å². The first-order chi connectivity index (χ1) is 10.0. The first-order valence-corrected chi connectivity index (χ1v) is 6.59. The Kier molecular flexibility index (Phi) is 6.40. The third kappa shape index (κ3) is 4.60. The molecule has 0 aliphatic heterocycles. The van der Waals surface area contributed by atoms with E-state index in [1.807, 2.05) is 42.5 Å². The van der Waals surface area contributed by atoms with Gasteiger partial charge in [-0.3, -0.25) is 9.59 Å². The molecule has 0 spiro atoms. The molecule has 4 heteroatoms. The molecule has 1 rings (SSSR count). The molecule has 1 aromatic rings. The minimum atomic E-state index is -1.32. The van der Waals surface area contributed by atoms with E-state index in [1.165, 1.54) is 21.1 Å². The molecule has 0 amide bonds. The summed E-state index contributed by atoms with van der Waals surface area (Å²) in [5, 5.41) is 0. The van der Waals surface area contributed by atoms with Crippen LogP contribution < -0.4 is 0 Å². The van der Waals surface area contributed by atoms with E-state index in [4.69, 9.17) is 0 Å². The lowest BCUT2D eigenvalue weighted by Gasteiger charge is -2.21. The van der Waals surface area contributed by atoms with E-state index in [1.54, 1.807) is 12.2 Å². The zero-order chi connectivity index (χ0) is 15.7. The van der Waals surface area contributed by atoms with E-state index >= 15 is 0 Å². The maximum atomic E-state index is 11.7. The minimum Gasteiger partial charge on any atom is -0.468 e. The fourth-order valence-corrected chi connectivity index (χ4v) is 1.81. The van der Waals surface area contributed by atoms with Crippen molar-refractivity contribution in [3.8, 4) is 0 Å². The molecule has 0 saturated carbocycles.